The highest BCUT2D eigenvalue weighted by Crippen LogP contribution is 2.35. The van der Waals surface area contributed by atoms with Gasteiger partial charge in [-0.2, -0.15) is 0 Å². The van der Waals surface area contributed by atoms with Gasteiger partial charge in [-0.3, -0.25) is 4.79 Å². The van der Waals surface area contributed by atoms with Gasteiger partial charge in [-0.05, 0) is 31.2 Å². The molecule has 0 saturated heterocycles. The highest BCUT2D eigenvalue weighted by Gasteiger charge is 2.14. The van der Waals surface area contributed by atoms with E-state index in [-0.39, 0.29) is 5.56 Å². The quantitative estimate of drug-likeness (QED) is 0.461. The molecule has 3 aromatic heterocycles. The fourth-order valence-electron chi connectivity index (χ4n) is 2.71. The Morgan fingerprint density at radius 1 is 1.23 bits per heavy atom. The molecule has 0 aliphatic rings. The number of thioether (sulfide) groups is 1. The second-order valence-corrected chi connectivity index (χ2v) is 8.86. The van der Waals surface area contributed by atoms with E-state index in [9.17, 15) is 4.79 Å². The highest BCUT2D eigenvalue weighted by atomic mass is 32.2. The van der Waals surface area contributed by atoms with Gasteiger partial charge < -0.3 is 9.72 Å². The number of nitrogens with one attached hydrogen (secondary N) is 1. The van der Waals surface area contributed by atoms with E-state index in [1.807, 2.05) is 29.6 Å². The lowest BCUT2D eigenvalue weighted by atomic mass is 10.2. The molecule has 0 radical (unpaired) electrons. The van der Waals surface area contributed by atoms with Crippen molar-refractivity contribution in [3.05, 3.63) is 62.8 Å². The number of aromatic nitrogens is 2. The first kappa shape index (κ1) is 17.3. The zero-order chi connectivity index (χ0) is 18.1. The number of benzene rings is 1. The van der Waals surface area contributed by atoms with Crippen molar-refractivity contribution in [2.24, 2.45) is 0 Å². The van der Waals surface area contributed by atoms with Crippen LogP contribution in [0.15, 0.2) is 51.5 Å². The molecular formula is C19H16N2O2S3. The Morgan fingerprint density at radius 2 is 2.08 bits per heavy atom. The molecule has 0 amide bonds. The summed E-state index contributed by atoms with van der Waals surface area (Å²) in [6, 6.07) is 12.0. The number of para-hydroxylation sites is 1. The molecule has 0 aliphatic heterocycles. The number of aromatic amines is 1. The zero-order valence-electron chi connectivity index (χ0n) is 14.2. The molecule has 0 unspecified atom stereocenters. The number of fused-ring (bicyclic) bond motifs is 1. The predicted molar refractivity (Wildman–Crippen MR) is 111 cm³/mol. The summed E-state index contributed by atoms with van der Waals surface area (Å²) in [4.78, 5) is 24.4. The number of hydrogen-bond donors (Lipinski definition) is 1. The maximum absolute atomic E-state index is 12.7. The number of nitrogens with zero attached hydrogens (tertiary/aromatic N) is 1. The van der Waals surface area contributed by atoms with Crippen LogP contribution < -0.4 is 10.3 Å². The Kier molecular flexibility index (Phi) is 4.84. The smallest absolute Gasteiger partial charge is 0.260 e. The van der Waals surface area contributed by atoms with Gasteiger partial charge in [-0.1, -0.05) is 12.1 Å². The predicted octanol–water partition coefficient (Wildman–Crippen LogP) is 5.32. The summed E-state index contributed by atoms with van der Waals surface area (Å²) in [5.41, 5.74) is 0.897. The molecule has 26 heavy (non-hydrogen) atoms. The monoisotopic (exact) mass is 400 g/mol. The first-order valence-electron chi connectivity index (χ1n) is 7.98. The van der Waals surface area contributed by atoms with Crippen LogP contribution in [0.3, 0.4) is 0 Å². The molecule has 0 bridgehead atoms. The van der Waals surface area contributed by atoms with Crippen LogP contribution in [-0.2, 0) is 5.75 Å². The highest BCUT2D eigenvalue weighted by molar-refractivity contribution is 7.98. The molecule has 132 valence electrons. The van der Waals surface area contributed by atoms with Crippen LogP contribution in [0, 0.1) is 6.92 Å². The number of hydrogen-bond acceptors (Lipinski definition) is 6. The Balaban J connectivity index is 1.65. The minimum absolute atomic E-state index is 0.0760. The minimum Gasteiger partial charge on any atom is -0.496 e. The molecule has 0 aliphatic carbocycles. The average molecular weight is 401 g/mol. The van der Waals surface area contributed by atoms with Gasteiger partial charge in [0, 0.05) is 25.6 Å². The second kappa shape index (κ2) is 7.26. The van der Waals surface area contributed by atoms with Gasteiger partial charge in [0.2, 0.25) is 0 Å². The number of aryl methyl sites for hydroxylation is 1. The number of H-pyrrole nitrogens is 1. The minimum atomic E-state index is -0.0760. The maximum atomic E-state index is 12.7. The topological polar surface area (TPSA) is 55.0 Å². The van der Waals surface area contributed by atoms with Gasteiger partial charge in [-0.25, -0.2) is 4.98 Å². The summed E-state index contributed by atoms with van der Waals surface area (Å²) in [6.07, 6.45) is 0. The third kappa shape index (κ3) is 3.30. The molecule has 4 aromatic rings. The molecule has 0 saturated carbocycles. The number of ether oxygens (including phenoxy) is 1. The lowest BCUT2D eigenvalue weighted by molar-refractivity contribution is 0.405. The molecule has 4 nitrogen and oxygen atoms in total. The molecule has 0 atom stereocenters. The fraction of sp³-hybridized carbons (Fsp3) is 0.158. The summed E-state index contributed by atoms with van der Waals surface area (Å²) in [7, 11) is 1.66. The van der Waals surface area contributed by atoms with Crippen molar-refractivity contribution in [3.8, 4) is 16.2 Å². The van der Waals surface area contributed by atoms with E-state index in [1.54, 1.807) is 30.2 Å². The van der Waals surface area contributed by atoms with Crippen LogP contribution in [0.5, 0.6) is 5.75 Å². The number of thiophene rings is 2. The Bertz CT molecular complexity index is 1130. The van der Waals surface area contributed by atoms with Crippen molar-refractivity contribution >= 4 is 44.7 Å². The second-order valence-electron chi connectivity index (χ2n) is 5.69. The van der Waals surface area contributed by atoms with Gasteiger partial charge in [0.15, 0.2) is 0 Å². The molecule has 1 aromatic carbocycles. The van der Waals surface area contributed by atoms with Gasteiger partial charge in [0.25, 0.3) is 5.56 Å². The zero-order valence-corrected chi connectivity index (χ0v) is 16.7. The lowest BCUT2D eigenvalue weighted by Crippen LogP contribution is -2.10. The van der Waals surface area contributed by atoms with E-state index in [0.717, 1.165) is 25.9 Å². The Morgan fingerprint density at radius 3 is 2.85 bits per heavy atom. The average Bonchev–Trinajstić information content (AvgIpc) is 3.26. The summed E-state index contributed by atoms with van der Waals surface area (Å²) in [5, 5.41) is 2.71. The lowest BCUT2D eigenvalue weighted by Gasteiger charge is -2.07. The standard InChI is InChI=1S/C19H16N2O2S3/c1-11-7-8-14(26-11)12-9-25-19-17(12)18(22)20-16(21-19)10-24-15-6-4-3-5-13(15)23-2/h3-9H,10H2,1-2H3,(H,20,21,22). The summed E-state index contributed by atoms with van der Waals surface area (Å²) in [6.45, 7) is 2.07. The molecule has 3 heterocycles. The van der Waals surface area contributed by atoms with E-state index in [4.69, 9.17) is 4.74 Å². The first-order chi connectivity index (χ1) is 12.7. The van der Waals surface area contributed by atoms with Crippen molar-refractivity contribution in [2.75, 3.05) is 7.11 Å². The van der Waals surface area contributed by atoms with Crippen molar-refractivity contribution in [1.29, 1.82) is 0 Å². The fourth-order valence-corrected chi connectivity index (χ4v) is 5.53. The van der Waals surface area contributed by atoms with E-state index in [2.05, 4.69) is 29.0 Å². The normalized spacial score (nSPS) is 11.2. The molecule has 0 fully saturated rings. The largest absolute Gasteiger partial charge is 0.496 e. The van der Waals surface area contributed by atoms with Crippen LogP contribution in [0.2, 0.25) is 0 Å². The summed E-state index contributed by atoms with van der Waals surface area (Å²) < 4.78 is 5.37. The Hall–Kier alpha value is -2.09. The first-order valence-corrected chi connectivity index (χ1v) is 10.7. The number of methoxy groups -OCH3 is 1. The van der Waals surface area contributed by atoms with E-state index < -0.39 is 0 Å². The number of rotatable bonds is 5. The molecule has 4 rings (SSSR count). The third-order valence-corrected chi connectivity index (χ3v) is 6.90. The van der Waals surface area contributed by atoms with Crippen molar-refractivity contribution in [1.82, 2.24) is 9.97 Å². The third-order valence-electron chi connectivity index (χ3n) is 3.93. The van der Waals surface area contributed by atoms with Gasteiger partial charge in [-0.15, -0.1) is 34.4 Å². The van der Waals surface area contributed by atoms with Crippen LogP contribution in [0.1, 0.15) is 10.7 Å². The van der Waals surface area contributed by atoms with Crippen molar-refractivity contribution < 1.29 is 4.74 Å². The van der Waals surface area contributed by atoms with E-state index >= 15 is 0 Å². The molecule has 1 N–H and O–H groups in total. The SMILES string of the molecule is COc1ccccc1SCc1nc2scc(-c3ccc(C)s3)c2c(=O)[nH]1. The summed E-state index contributed by atoms with van der Waals surface area (Å²) in [5.74, 6) is 2.08. The molecule has 7 heteroatoms. The van der Waals surface area contributed by atoms with Crippen LogP contribution in [0.4, 0.5) is 0 Å². The van der Waals surface area contributed by atoms with Crippen molar-refractivity contribution in [2.45, 2.75) is 17.6 Å². The molecule has 0 spiro atoms. The van der Waals surface area contributed by atoms with Gasteiger partial charge in [0.05, 0.1) is 18.2 Å². The van der Waals surface area contributed by atoms with Crippen LogP contribution >= 0.6 is 34.4 Å². The van der Waals surface area contributed by atoms with E-state index in [1.165, 1.54) is 16.2 Å². The van der Waals surface area contributed by atoms with Gasteiger partial charge in [0.1, 0.15) is 16.4 Å². The van der Waals surface area contributed by atoms with Gasteiger partial charge >= 0.3 is 0 Å². The molecular weight excluding hydrogens is 384 g/mol. The van der Waals surface area contributed by atoms with Crippen LogP contribution in [-0.4, -0.2) is 17.1 Å². The Labute approximate surface area is 162 Å². The van der Waals surface area contributed by atoms with Crippen molar-refractivity contribution in [3.63, 3.8) is 0 Å². The summed E-state index contributed by atoms with van der Waals surface area (Å²) >= 11 is 4.81. The van der Waals surface area contributed by atoms with Crippen LogP contribution in [0.25, 0.3) is 20.7 Å². The maximum Gasteiger partial charge on any atom is 0.260 e. The van der Waals surface area contributed by atoms with E-state index in [0.29, 0.717) is 17.0 Å².